The quantitative estimate of drug-likeness (QED) is 0.875. The molecule has 0 radical (unpaired) electrons. The van der Waals surface area contributed by atoms with Crippen molar-refractivity contribution in [2.24, 2.45) is 0 Å². The molecule has 0 unspecified atom stereocenters. The molecule has 0 aliphatic heterocycles. The zero-order chi connectivity index (χ0) is 13.7. The lowest BCUT2D eigenvalue weighted by atomic mass is 10.3. The standard InChI is InChI=1S/C12H14N4O3/c1-8-14-11(19-16-8)7-13-12(17)15-9-3-5-10(18-2)6-4-9/h3-6H,7H2,1-2H3,(H2,13,15,17). The molecule has 0 fully saturated rings. The summed E-state index contributed by atoms with van der Waals surface area (Å²) in [6.45, 7) is 1.90. The highest BCUT2D eigenvalue weighted by atomic mass is 16.5. The second-order valence-corrected chi connectivity index (χ2v) is 3.77. The SMILES string of the molecule is COc1ccc(NC(=O)NCc2nc(C)no2)cc1. The monoisotopic (exact) mass is 262 g/mol. The Hall–Kier alpha value is -2.57. The normalized spacial score (nSPS) is 10.0. The highest BCUT2D eigenvalue weighted by Crippen LogP contribution is 2.14. The number of nitrogens with one attached hydrogen (secondary N) is 2. The lowest BCUT2D eigenvalue weighted by Gasteiger charge is -2.06. The molecular weight excluding hydrogens is 248 g/mol. The smallest absolute Gasteiger partial charge is 0.319 e. The molecule has 1 heterocycles. The number of benzene rings is 1. The van der Waals surface area contributed by atoms with E-state index in [4.69, 9.17) is 9.26 Å². The fourth-order valence-corrected chi connectivity index (χ4v) is 1.42. The molecule has 0 atom stereocenters. The van der Waals surface area contributed by atoms with Crippen molar-refractivity contribution in [3.8, 4) is 5.75 Å². The number of rotatable bonds is 4. The van der Waals surface area contributed by atoms with E-state index in [1.165, 1.54) is 0 Å². The van der Waals surface area contributed by atoms with Crippen molar-refractivity contribution in [2.75, 3.05) is 12.4 Å². The topological polar surface area (TPSA) is 89.3 Å². The number of hydrogen-bond donors (Lipinski definition) is 2. The maximum Gasteiger partial charge on any atom is 0.319 e. The van der Waals surface area contributed by atoms with Gasteiger partial charge >= 0.3 is 6.03 Å². The first kappa shape index (κ1) is 12.9. The van der Waals surface area contributed by atoms with E-state index in [1.807, 2.05) is 0 Å². The van der Waals surface area contributed by atoms with Gasteiger partial charge in [0.2, 0.25) is 5.89 Å². The second-order valence-electron chi connectivity index (χ2n) is 3.77. The molecule has 100 valence electrons. The van der Waals surface area contributed by atoms with Gasteiger partial charge in [-0.05, 0) is 31.2 Å². The number of amides is 2. The molecule has 2 aromatic rings. The van der Waals surface area contributed by atoms with Crippen molar-refractivity contribution < 1.29 is 14.1 Å². The highest BCUT2D eigenvalue weighted by Gasteiger charge is 2.06. The third-order valence-corrected chi connectivity index (χ3v) is 2.32. The minimum Gasteiger partial charge on any atom is -0.497 e. The van der Waals surface area contributed by atoms with Crippen LogP contribution in [0.1, 0.15) is 11.7 Å². The van der Waals surface area contributed by atoms with Crippen LogP contribution in [-0.4, -0.2) is 23.3 Å². The summed E-state index contributed by atoms with van der Waals surface area (Å²) in [6.07, 6.45) is 0. The summed E-state index contributed by atoms with van der Waals surface area (Å²) in [5.74, 6) is 1.63. The Morgan fingerprint density at radius 2 is 2.11 bits per heavy atom. The predicted molar refractivity (Wildman–Crippen MR) is 67.9 cm³/mol. The Labute approximate surface area is 110 Å². The van der Waals surface area contributed by atoms with Crippen LogP contribution in [0.2, 0.25) is 0 Å². The fraction of sp³-hybridized carbons (Fsp3) is 0.250. The van der Waals surface area contributed by atoms with Gasteiger partial charge in [0.25, 0.3) is 0 Å². The summed E-state index contributed by atoms with van der Waals surface area (Å²) in [7, 11) is 1.58. The number of aromatic nitrogens is 2. The Morgan fingerprint density at radius 3 is 2.68 bits per heavy atom. The van der Waals surface area contributed by atoms with Crippen LogP contribution in [0.25, 0.3) is 0 Å². The minimum absolute atomic E-state index is 0.183. The van der Waals surface area contributed by atoms with Crippen LogP contribution in [0.15, 0.2) is 28.8 Å². The van der Waals surface area contributed by atoms with Gasteiger partial charge in [0, 0.05) is 5.69 Å². The molecule has 0 spiro atoms. The van der Waals surface area contributed by atoms with E-state index in [-0.39, 0.29) is 12.6 Å². The van der Waals surface area contributed by atoms with Crippen molar-refractivity contribution in [3.63, 3.8) is 0 Å². The lowest BCUT2D eigenvalue weighted by molar-refractivity contribution is 0.249. The molecule has 7 nitrogen and oxygen atoms in total. The van der Waals surface area contributed by atoms with Gasteiger partial charge in [-0.15, -0.1) is 0 Å². The summed E-state index contributed by atoms with van der Waals surface area (Å²) in [6, 6.07) is 6.67. The number of urea groups is 1. The molecule has 1 aromatic carbocycles. The number of carbonyl (C=O) groups excluding carboxylic acids is 1. The van der Waals surface area contributed by atoms with E-state index in [2.05, 4.69) is 20.8 Å². The molecule has 0 bridgehead atoms. The Morgan fingerprint density at radius 1 is 1.37 bits per heavy atom. The van der Waals surface area contributed by atoms with E-state index in [0.717, 1.165) is 5.75 Å². The first-order chi connectivity index (χ1) is 9.17. The van der Waals surface area contributed by atoms with Gasteiger partial charge in [-0.2, -0.15) is 4.98 Å². The number of nitrogens with zero attached hydrogens (tertiary/aromatic N) is 2. The van der Waals surface area contributed by atoms with Gasteiger partial charge in [-0.25, -0.2) is 4.79 Å². The molecular formula is C12H14N4O3. The van der Waals surface area contributed by atoms with E-state index in [9.17, 15) is 4.79 Å². The number of hydrogen-bond acceptors (Lipinski definition) is 5. The summed E-state index contributed by atoms with van der Waals surface area (Å²) < 4.78 is 9.90. The number of aryl methyl sites for hydroxylation is 1. The summed E-state index contributed by atoms with van der Waals surface area (Å²) in [5, 5.41) is 8.91. The van der Waals surface area contributed by atoms with Gasteiger partial charge in [-0.3, -0.25) is 0 Å². The maximum absolute atomic E-state index is 11.6. The van der Waals surface area contributed by atoms with Crippen LogP contribution in [-0.2, 0) is 6.54 Å². The first-order valence-electron chi connectivity index (χ1n) is 5.65. The zero-order valence-corrected chi connectivity index (χ0v) is 10.6. The molecule has 1 aromatic heterocycles. The third-order valence-electron chi connectivity index (χ3n) is 2.32. The molecule has 2 N–H and O–H groups in total. The van der Waals surface area contributed by atoms with Crippen LogP contribution < -0.4 is 15.4 Å². The Balaban J connectivity index is 1.83. The minimum atomic E-state index is -0.346. The van der Waals surface area contributed by atoms with Gasteiger partial charge in [0.15, 0.2) is 5.82 Å². The first-order valence-corrected chi connectivity index (χ1v) is 5.65. The van der Waals surface area contributed by atoms with Gasteiger partial charge in [0.05, 0.1) is 13.7 Å². The maximum atomic E-state index is 11.6. The second kappa shape index (κ2) is 5.85. The van der Waals surface area contributed by atoms with Gasteiger partial charge < -0.3 is 19.9 Å². The number of methoxy groups -OCH3 is 1. The molecule has 0 saturated heterocycles. The van der Waals surface area contributed by atoms with E-state index in [1.54, 1.807) is 38.3 Å². The number of anilines is 1. The predicted octanol–water partition coefficient (Wildman–Crippen LogP) is 1.71. The van der Waals surface area contributed by atoms with Crippen LogP contribution in [0.5, 0.6) is 5.75 Å². The van der Waals surface area contributed by atoms with Crippen LogP contribution in [0.4, 0.5) is 10.5 Å². The molecule has 19 heavy (non-hydrogen) atoms. The van der Waals surface area contributed by atoms with Crippen LogP contribution in [0, 0.1) is 6.92 Å². The van der Waals surface area contributed by atoms with Crippen LogP contribution in [0.3, 0.4) is 0 Å². The number of ether oxygens (including phenoxy) is 1. The Bertz CT molecular complexity index is 550. The molecule has 0 saturated carbocycles. The van der Waals surface area contributed by atoms with Crippen molar-refractivity contribution >= 4 is 11.7 Å². The van der Waals surface area contributed by atoms with E-state index >= 15 is 0 Å². The number of carbonyl (C=O) groups is 1. The van der Waals surface area contributed by atoms with Gasteiger partial charge in [0.1, 0.15) is 5.75 Å². The molecule has 2 amide bonds. The molecule has 2 rings (SSSR count). The van der Waals surface area contributed by atoms with Crippen molar-refractivity contribution in [2.45, 2.75) is 13.5 Å². The highest BCUT2D eigenvalue weighted by molar-refractivity contribution is 5.89. The lowest BCUT2D eigenvalue weighted by Crippen LogP contribution is -2.28. The van der Waals surface area contributed by atoms with Crippen molar-refractivity contribution in [1.29, 1.82) is 0 Å². The Kier molecular flexibility index (Phi) is 3.97. The van der Waals surface area contributed by atoms with E-state index < -0.39 is 0 Å². The van der Waals surface area contributed by atoms with Crippen molar-refractivity contribution in [3.05, 3.63) is 36.0 Å². The summed E-state index contributed by atoms with van der Waals surface area (Å²) >= 11 is 0. The summed E-state index contributed by atoms with van der Waals surface area (Å²) in [5.41, 5.74) is 0.667. The average Bonchev–Trinajstić information content (AvgIpc) is 2.83. The largest absolute Gasteiger partial charge is 0.497 e. The molecule has 0 aliphatic rings. The van der Waals surface area contributed by atoms with Crippen molar-refractivity contribution in [1.82, 2.24) is 15.5 Å². The third kappa shape index (κ3) is 3.70. The fourth-order valence-electron chi connectivity index (χ4n) is 1.42. The van der Waals surface area contributed by atoms with Gasteiger partial charge in [-0.1, -0.05) is 5.16 Å². The average molecular weight is 262 g/mol. The summed E-state index contributed by atoms with van der Waals surface area (Å²) in [4.78, 5) is 15.6. The molecule has 7 heteroatoms. The van der Waals surface area contributed by atoms with E-state index in [0.29, 0.717) is 17.4 Å². The molecule has 0 aliphatic carbocycles. The van der Waals surface area contributed by atoms with Crippen LogP contribution >= 0.6 is 0 Å². The zero-order valence-electron chi connectivity index (χ0n) is 10.6.